The molecule has 0 aromatic heterocycles. The summed E-state index contributed by atoms with van der Waals surface area (Å²) in [6.45, 7) is 1.43. The maximum atomic E-state index is 15.3. The number of ether oxygens (including phenoxy) is 2. The maximum Gasteiger partial charge on any atom is 0.416 e. The van der Waals surface area contributed by atoms with Crippen molar-refractivity contribution in [3.05, 3.63) is 77.6 Å². The topological polar surface area (TPSA) is 68.7 Å². The predicted molar refractivity (Wildman–Crippen MR) is 146 cm³/mol. The van der Waals surface area contributed by atoms with E-state index in [0.29, 0.717) is 37.5 Å². The van der Waals surface area contributed by atoms with Crippen LogP contribution in [-0.4, -0.2) is 69.2 Å². The summed E-state index contributed by atoms with van der Waals surface area (Å²) in [5, 5.41) is 9.85. The van der Waals surface area contributed by atoms with Crippen LogP contribution in [0.3, 0.4) is 0 Å². The average Bonchev–Trinajstić information content (AvgIpc) is 2.96. The van der Waals surface area contributed by atoms with Gasteiger partial charge in [0.1, 0.15) is 23.9 Å². The minimum atomic E-state index is -4.61. The average molecular weight is 575 g/mol. The molecule has 3 aromatic rings. The third kappa shape index (κ3) is 5.69. The zero-order valence-corrected chi connectivity index (χ0v) is 22.6. The molecule has 1 unspecified atom stereocenters. The Morgan fingerprint density at radius 3 is 2.37 bits per heavy atom. The van der Waals surface area contributed by atoms with Crippen LogP contribution in [0.4, 0.5) is 34.6 Å². The van der Waals surface area contributed by atoms with Crippen molar-refractivity contribution < 1.29 is 36.9 Å². The first-order chi connectivity index (χ1) is 19.6. The van der Waals surface area contributed by atoms with E-state index in [0.717, 1.165) is 17.8 Å². The Morgan fingerprint density at radius 2 is 1.71 bits per heavy atom. The van der Waals surface area contributed by atoms with Crippen LogP contribution in [0.2, 0.25) is 0 Å². The molecule has 2 aliphatic rings. The number of halogens is 4. The van der Waals surface area contributed by atoms with E-state index in [9.17, 15) is 23.1 Å². The fourth-order valence-corrected chi connectivity index (χ4v) is 5.58. The van der Waals surface area contributed by atoms with E-state index < -0.39 is 36.4 Å². The molecule has 0 radical (unpaired) electrons. The molecule has 3 aromatic carbocycles. The molecule has 0 spiro atoms. The number of alkyl halides is 3. The number of fused-ring (bicyclic) bond motifs is 1. The molecular formula is C29H30F4N4O4. The van der Waals surface area contributed by atoms with Gasteiger partial charge in [0.2, 0.25) is 0 Å². The largest absolute Gasteiger partial charge is 0.497 e. The fraction of sp³-hybridized carbons (Fsp3) is 0.345. The first-order valence-corrected chi connectivity index (χ1v) is 13.0. The van der Waals surface area contributed by atoms with E-state index in [1.165, 1.54) is 30.2 Å². The van der Waals surface area contributed by atoms with Gasteiger partial charge in [-0.25, -0.2) is 4.39 Å². The Hall–Kier alpha value is -4.19. The number of benzene rings is 3. The van der Waals surface area contributed by atoms with Crippen molar-refractivity contribution in [2.75, 3.05) is 61.6 Å². The molecule has 218 valence electrons. The highest BCUT2D eigenvalue weighted by Gasteiger charge is 2.42. The van der Waals surface area contributed by atoms with Crippen LogP contribution in [0.25, 0.3) is 0 Å². The molecule has 1 fully saturated rings. The number of piperazine rings is 1. The summed E-state index contributed by atoms with van der Waals surface area (Å²) in [7, 11) is 2.95. The summed E-state index contributed by atoms with van der Waals surface area (Å²) < 4.78 is 67.5. The number of rotatable bonds is 7. The van der Waals surface area contributed by atoms with Crippen LogP contribution >= 0.6 is 0 Å². The highest BCUT2D eigenvalue weighted by Crippen LogP contribution is 2.43. The van der Waals surface area contributed by atoms with Crippen molar-refractivity contribution in [2.24, 2.45) is 0 Å². The summed E-state index contributed by atoms with van der Waals surface area (Å²) in [5.74, 6) is -0.899. The second-order valence-corrected chi connectivity index (χ2v) is 9.85. The number of aliphatic carboxylic acids is 1. The van der Waals surface area contributed by atoms with Crippen molar-refractivity contribution in [3.8, 4) is 11.5 Å². The molecule has 0 bridgehead atoms. The van der Waals surface area contributed by atoms with Crippen LogP contribution in [0.15, 0.2) is 60.7 Å². The molecule has 0 amide bonds. The monoisotopic (exact) mass is 574 g/mol. The lowest BCUT2D eigenvalue weighted by molar-refractivity contribution is -0.137. The summed E-state index contributed by atoms with van der Waals surface area (Å²) in [6.07, 6.45) is -5.51. The molecular weight excluding hydrogens is 544 g/mol. The van der Waals surface area contributed by atoms with E-state index >= 15 is 4.39 Å². The van der Waals surface area contributed by atoms with Crippen LogP contribution in [-0.2, 0) is 17.5 Å². The molecule has 5 rings (SSSR count). The van der Waals surface area contributed by atoms with E-state index in [-0.39, 0.29) is 23.7 Å². The molecule has 1 atom stereocenters. The highest BCUT2D eigenvalue weighted by molar-refractivity contribution is 5.77. The van der Waals surface area contributed by atoms with E-state index in [2.05, 4.69) is 4.90 Å². The summed E-state index contributed by atoms with van der Waals surface area (Å²) in [5.41, 5.74) is 0.787. The van der Waals surface area contributed by atoms with Gasteiger partial charge in [-0.15, -0.1) is 0 Å². The summed E-state index contributed by atoms with van der Waals surface area (Å²) in [6, 6.07) is 15.2. The maximum absolute atomic E-state index is 15.3. The van der Waals surface area contributed by atoms with Crippen molar-refractivity contribution in [3.63, 3.8) is 0 Å². The SMILES string of the molecule is COc1cccc(N2CCN(C3N(c4cc(C(F)(F)F)ccc4OC)Cc4cccc(F)c4N3CC(=O)O)CC2)c1. The van der Waals surface area contributed by atoms with Gasteiger partial charge in [-0.1, -0.05) is 18.2 Å². The second kappa shape index (κ2) is 11.4. The van der Waals surface area contributed by atoms with Gasteiger partial charge in [-0.05, 0) is 42.0 Å². The van der Waals surface area contributed by atoms with Crippen molar-refractivity contribution in [1.82, 2.24) is 4.90 Å². The van der Waals surface area contributed by atoms with Crippen LogP contribution in [0.1, 0.15) is 11.1 Å². The van der Waals surface area contributed by atoms with Gasteiger partial charge in [-0.2, -0.15) is 13.2 Å². The zero-order chi connectivity index (χ0) is 29.3. The van der Waals surface area contributed by atoms with Crippen LogP contribution < -0.4 is 24.2 Å². The van der Waals surface area contributed by atoms with E-state index in [1.54, 1.807) is 18.1 Å². The number of hydrogen-bond donors (Lipinski definition) is 1. The van der Waals surface area contributed by atoms with Gasteiger partial charge < -0.3 is 29.3 Å². The molecule has 41 heavy (non-hydrogen) atoms. The van der Waals surface area contributed by atoms with Gasteiger partial charge in [0.25, 0.3) is 0 Å². The normalized spacial score (nSPS) is 17.8. The van der Waals surface area contributed by atoms with Gasteiger partial charge in [0, 0.05) is 44.5 Å². The molecule has 0 aliphatic carbocycles. The van der Waals surface area contributed by atoms with Crippen LogP contribution in [0.5, 0.6) is 11.5 Å². The molecule has 12 heteroatoms. The number of anilines is 3. The van der Waals surface area contributed by atoms with Gasteiger partial charge in [-0.3, -0.25) is 9.69 Å². The van der Waals surface area contributed by atoms with Gasteiger partial charge >= 0.3 is 12.1 Å². The zero-order valence-electron chi connectivity index (χ0n) is 22.6. The fourth-order valence-electron chi connectivity index (χ4n) is 5.58. The minimum Gasteiger partial charge on any atom is -0.497 e. The summed E-state index contributed by atoms with van der Waals surface area (Å²) in [4.78, 5) is 19.3. The van der Waals surface area contributed by atoms with Crippen molar-refractivity contribution in [2.45, 2.75) is 19.0 Å². The third-order valence-corrected chi connectivity index (χ3v) is 7.44. The van der Waals surface area contributed by atoms with Gasteiger partial charge in [0.15, 0.2) is 6.29 Å². The number of carboxylic acids is 1. The summed E-state index contributed by atoms with van der Waals surface area (Å²) >= 11 is 0. The predicted octanol–water partition coefficient (Wildman–Crippen LogP) is 4.88. The Bertz CT molecular complexity index is 1410. The lowest BCUT2D eigenvalue weighted by Crippen LogP contribution is -2.65. The van der Waals surface area contributed by atoms with Gasteiger partial charge in [0.05, 0.1) is 31.2 Å². The Morgan fingerprint density at radius 1 is 0.976 bits per heavy atom. The number of nitrogens with zero attached hydrogens (tertiary/aromatic N) is 4. The lowest BCUT2D eigenvalue weighted by Gasteiger charge is -2.52. The Labute approximate surface area is 234 Å². The lowest BCUT2D eigenvalue weighted by atomic mass is 10.0. The quantitative estimate of drug-likeness (QED) is 0.401. The first-order valence-electron chi connectivity index (χ1n) is 13.0. The smallest absolute Gasteiger partial charge is 0.416 e. The molecule has 1 N–H and O–H groups in total. The number of carbonyl (C=O) groups is 1. The second-order valence-electron chi connectivity index (χ2n) is 9.85. The number of para-hydroxylation sites is 1. The molecule has 8 nitrogen and oxygen atoms in total. The van der Waals surface area contributed by atoms with Crippen molar-refractivity contribution >= 4 is 23.0 Å². The Balaban J connectivity index is 1.58. The van der Waals surface area contributed by atoms with Crippen molar-refractivity contribution in [1.29, 1.82) is 0 Å². The standard InChI is InChI=1S/C29H30F4N4O4/c1-40-22-7-4-6-21(16-22)34-11-13-35(14-12-34)28-36(24-15-20(29(31,32)33)9-10-25(24)41-2)17-19-5-3-8-23(30)27(19)37(28)18-26(38)39/h3-10,15-16,28H,11-14,17-18H2,1-2H3,(H,38,39). The Kier molecular flexibility index (Phi) is 7.85. The number of carboxylic acid groups (broad SMARTS) is 1. The molecule has 0 saturated carbocycles. The molecule has 2 heterocycles. The first kappa shape index (κ1) is 28.3. The molecule has 2 aliphatic heterocycles. The minimum absolute atomic E-state index is 0.0433. The molecule has 1 saturated heterocycles. The third-order valence-electron chi connectivity index (χ3n) is 7.44. The number of hydrogen-bond acceptors (Lipinski definition) is 7. The number of methoxy groups -OCH3 is 2. The van der Waals surface area contributed by atoms with Crippen LogP contribution in [0, 0.1) is 5.82 Å². The van der Waals surface area contributed by atoms with E-state index in [1.807, 2.05) is 29.2 Å². The highest BCUT2D eigenvalue weighted by atomic mass is 19.4. The van der Waals surface area contributed by atoms with E-state index in [4.69, 9.17) is 9.47 Å².